The normalized spacial score (nSPS) is 20.4. The lowest BCUT2D eigenvalue weighted by Crippen LogP contribution is -2.55. The Balaban J connectivity index is 2.08. The highest BCUT2D eigenvalue weighted by Crippen LogP contribution is 2.31. The lowest BCUT2D eigenvalue weighted by Gasteiger charge is -2.37. The van der Waals surface area contributed by atoms with Gasteiger partial charge in [-0.15, -0.1) is 11.3 Å². The van der Waals surface area contributed by atoms with E-state index in [1.165, 1.54) is 11.3 Å². The first kappa shape index (κ1) is 13.6. The fourth-order valence-electron chi connectivity index (χ4n) is 2.64. The van der Waals surface area contributed by atoms with Crippen LogP contribution in [0.1, 0.15) is 49.9 Å². The fraction of sp³-hybridized carbons (Fsp3) is 0.643. The molecule has 100 valence electrons. The van der Waals surface area contributed by atoms with Crippen molar-refractivity contribution in [3.8, 4) is 0 Å². The third-order valence-corrected chi connectivity index (χ3v) is 5.07. The topological polar surface area (TPSA) is 46.3 Å². The van der Waals surface area contributed by atoms with Crippen LogP contribution in [-0.2, 0) is 4.79 Å². The van der Waals surface area contributed by atoms with Gasteiger partial charge in [0.2, 0.25) is 5.91 Å². The number of hydrogen-bond donors (Lipinski definition) is 1. The van der Waals surface area contributed by atoms with Crippen molar-refractivity contribution >= 4 is 17.2 Å². The monoisotopic (exact) mass is 266 g/mol. The molecule has 0 saturated heterocycles. The summed E-state index contributed by atoms with van der Waals surface area (Å²) in [7, 11) is 1.87. The van der Waals surface area contributed by atoms with Gasteiger partial charge in [0.15, 0.2) is 0 Å². The molecule has 1 atom stereocenters. The minimum absolute atomic E-state index is 0.100. The molecular formula is C14H22N2OS. The average molecular weight is 266 g/mol. The van der Waals surface area contributed by atoms with Crippen LogP contribution >= 0.6 is 11.3 Å². The molecular weight excluding hydrogens is 244 g/mol. The van der Waals surface area contributed by atoms with Gasteiger partial charge in [0.1, 0.15) is 0 Å². The number of rotatable bonds is 3. The molecule has 0 aromatic carbocycles. The number of carbonyl (C=O) groups is 1. The molecule has 0 spiro atoms. The van der Waals surface area contributed by atoms with Crippen LogP contribution in [0.5, 0.6) is 0 Å². The Kier molecular flexibility index (Phi) is 4.07. The summed E-state index contributed by atoms with van der Waals surface area (Å²) in [6.07, 6.45) is 5.00. The van der Waals surface area contributed by atoms with Gasteiger partial charge in [0.25, 0.3) is 0 Å². The number of amides is 1. The standard InChI is InChI=1S/C14H22N2OS/c1-11(12-7-6-10-18-12)16(2)13(17)14(15)8-4-3-5-9-14/h6-7,10-11H,3-5,8-9,15H2,1-2H3. The summed E-state index contributed by atoms with van der Waals surface area (Å²) in [5.41, 5.74) is 5.68. The van der Waals surface area contributed by atoms with E-state index < -0.39 is 5.54 Å². The number of carbonyl (C=O) groups excluding carboxylic acids is 1. The molecule has 0 aliphatic heterocycles. The van der Waals surface area contributed by atoms with E-state index in [0.29, 0.717) is 0 Å². The molecule has 4 heteroatoms. The first-order valence-electron chi connectivity index (χ1n) is 6.64. The van der Waals surface area contributed by atoms with Crippen molar-refractivity contribution in [3.05, 3.63) is 22.4 Å². The second-order valence-corrected chi connectivity index (χ2v) is 6.30. The molecule has 2 N–H and O–H groups in total. The van der Waals surface area contributed by atoms with Gasteiger partial charge in [-0.3, -0.25) is 4.79 Å². The number of likely N-dealkylation sites (N-methyl/N-ethyl adjacent to an activating group) is 1. The zero-order valence-corrected chi connectivity index (χ0v) is 12.0. The van der Waals surface area contributed by atoms with Crippen LogP contribution in [0, 0.1) is 0 Å². The molecule has 1 heterocycles. The van der Waals surface area contributed by atoms with E-state index in [0.717, 1.165) is 25.7 Å². The fourth-order valence-corrected chi connectivity index (χ4v) is 3.47. The predicted octanol–water partition coefficient (Wildman–Crippen LogP) is 2.93. The van der Waals surface area contributed by atoms with Crippen LogP contribution < -0.4 is 5.73 Å². The summed E-state index contributed by atoms with van der Waals surface area (Å²) in [6, 6.07) is 4.21. The first-order chi connectivity index (χ1) is 8.54. The number of nitrogens with two attached hydrogens (primary N) is 1. The summed E-state index contributed by atoms with van der Waals surface area (Å²) < 4.78 is 0. The van der Waals surface area contributed by atoms with Gasteiger partial charge in [0.05, 0.1) is 11.6 Å². The Hall–Kier alpha value is -0.870. The van der Waals surface area contributed by atoms with Crippen molar-refractivity contribution in [2.75, 3.05) is 7.05 Å². The summed E-state index contributed by atoms with van der Waals surface area (Å²) in [6.45, 7) is 2.07. The average Bonchev–Trinajstić information content (AvgIpc) is 2.91. The molecule has 1 amide bonds. The summed E-state index contributed by atoms with van der Waals surface area (Å²) >= 11 is 1.69. The second-order valence-electron chi connectivity index (χ2n) is 5.32. The highest BCUT2D eigenvalue weighted by atomic mass is 32.1. The minimum atomic E-state index is -0.626. The molecule has 1 unspecified atom stereocenters. The van der Waals surface area contributed by atoms with E-state index in [4.69, 9.17) is 5.73 Å². The van der Waals surface area contributed by atoms with Crippen molar-refractivity contribution < 1.29 is 4.79 Å². The SMILES string of the molecule is CC(c1cccs1)N(C)C(=O)C1(N)CCCCC1. The lowest BCUT2D eigenvalue weighted by molar-refractivity contribution is -0.138. The molecule has 1 aromatic rings. The molecule has 18 heavy (non-hydrogen) atoms. The van der Waals surface area contributed by atoms with Crippen molar-refractivity contribution in [1.29, 1.82) is 0 Å². The maximum Gasteiger partial charge on any atom is 0.242 e. The van der Waals surface area contributed by atoms with Crippen LogP contribution in [-0.4, -0.2) is 23.4 Å². The molecule has 0 radical (unpaired) electrons. The maximum atomic E-state index is 12.6. The highest BCUT2D eigenvalue weighted by molar-refractivity contribution is 7.10. The first-order valence-corrected chi connectivity index (χ1v) is 7.52. The van der Waals surface area contributed by atoms with Crippen molar-refractivity contribution in [2.45, 2.75) is 50.6 Å². The molecule has 1 saturated carbocycles. The Morgan fingerprint density at radius 2 is 2.11 bits per heavy atom. The minimum Gasteiger partial charge on any atom is -0.337 e. The molecule has 1 fully saturated rings. The van der Waals surface area contributed by atoms with Gasteiger partial charge in [-0.1, -0.05) is 25.3 Å². The van der Waals surface area contributed by atoms with Crippen LogP contribution in [0.2, 0.25) is 0 Å². The molecule has 1 aromatic heterocycles. The van der Waals surface area contributed by atoms with E-state index in [1.807, 2.05) is 23.4 Å². The molecule has 3 nitrogen and oxygen atoms in total. The predicted molar refractivity (Wildman–Crippen MR) is 75.5 cm³/mol. The molecule has 0 bridgehead atoms. The Morgan fingerprint density at radius 3 is 2.67 bits per heavy atom. The van der Waals surface area contributed by atoms with E-state index in [2.05, 4.69) is 13.0 Å². The van der Waals surface area contributed by atoms with Crippen molar-refractivity contribution in [1.82, 2.24) is 4.90 Å². The quantitative estimate of drug-likeness (QED) is 0.914. The molecule has 2 rings (SSSR count). The van der Waals surface area contributed by atoms with Gasteiger partial charge in [-0.25, -0.2) is 0 Å². The molecule has 1 aliphatic rings. The van der Waals surface area contributed by atoms with Crippen LogP contribution in [0.4, 0.5) is 0 Å². The Morgan fingerprint density at radius 1 is 1.44 bits per heavy atom. The zero-order chi connectivity index (χ0) is 13.2. The number of hydrogen-bond acceptors (Lipinski definition) is 3. The summed E-state index contributed by atoms with van der Waals surface area (Å²) in [5.74, 6) is 0.100. The van der Waals surface area contributed by atoms with Gasteiger partial charge in [-0.2, -0.15) is 0 Å². The highest BCUT2D eigenvalue weighted by Gasteiger charge is 2.38. The lowest BCUT2D eigenvalue weighted by atomic mass is 9.81. The smallest absolute Gasteiger partial charge is 0.242 e. The van der Waals surface area contributed by atoms with Crippen LogP contribution in [0.15, 0.2) is 17.5 Å². The van der Waals surface area contributed by atoms with Gasteiger partial charge < -0.3 is 10.6 Å². The van der Waals surface area contributed by atoms with Crippen LogP contribution in [0.3, 0.4) is 0 Å². The van der Waals surface area contributed by atoms with Crippen molar-refractivity contribution in [2.24, 2.45) is 5.73 Å². The van der Waals surface area contributed by atoms with Gasteiger partial charge in [-0.05, 0) is 31.2 Å². The maximum absolute atomic E-state index is 12.6. The van der Waals surface area contributed by atoms with E-state index in [1.54, 1.807) is 11.3 Å². The Labute approximate surface area is 113 Å². The van der Waals surface area contributed by atoms with Crippen LogP contribution in [0.25, 0.3) is 0 Å². The zero-order valence-electron chi connectivity index (χ0n) is 11.2. The third-order valence-electron chi connectivity index (χ3n) is 4.03. The van der Waals surface area contributed by atoms with E-state index in [9.17, 15) is 4.79 Å². The van der Waals surface area contributed by atoms with Crippen molar-refractivity contribution in [3.63, 3.8) is 0 Å². The van der Waals surface area contributed by atoms with Gasteiger partial charge in [0, 0.05) is 11.9 Å². The number of nitrogens with zero attached hydrogens (tertiary/aromatic N) is 1. The summed E-state index contributed by atoms with van der Waals surface area (Å²) in [5, 5.41) is 2.04. The third kappa shape index (κ3) is 2.59. The van der Waals surface area contributed by atoms with E-state index >= 15 is 0 Å². The van der Waals surface area contributed by atoms with E-state index in [-0.39, 0.29) is 11.9 Å². The summed E-state index contributed by atoms with van der Waals surface area (Å²) in [4.78, 5) is 15.6. The molecule has 1 aliphatic carbocycles. The number of thiophene rings is 1. The van der Waals surface area contributed by atoms with Gasteiger partial charge >= 0.3 is 0 Å². The Bertz CT molecular complexity index is 396. The largest absolute Gasteiger partial charge is 0.337 e. The second kappa shape index (κ2) is 5.41.